The van der Waals surface area contributed by atoms with Crippen LogP contribution in [0.3, 0.4) is 0 Å². The van der Waals surface area contributed by atoms with Crippen molar-refractivity contribution in [2.45, 2.75) is 32.1 Å². The van der Waals surface area contributed by atoms with Gasteiger partial charge in [0.15, 0.2) is 0 Å². The lowest BCUT2D eigenvalue weighted by molar-refractivity contribution is 0.436. The van der Waals surface area contributed by atoms with Gasteiger partial charge in [0.25, 0.3) is 0 Å². The van der Waals surface area contributed by atoms with Crippen LogP contribution >= 0.6 is 0 Å². The molecule has 0 aromatic heterocycles. The topological polar surface area (TPSA) is 61.2 Å². The van der Waals surface area contributed by atoms with Crippen LogP contribution in [-0.2, 0) is 10.0 Å². The molecule has 70 valence electrons. The summed E-state index contributed by atoms with van der Waals surface area (Å²) in [4.78, 5) is 0. The summed E-state index contributed by atoms with van der Waals surface area (Å²) < 4.78 is 23.9. The van der Waals surface area contributed by atoms with Crippen LogP contribution in [0.5, 0.6) is 0 Å². The number of hydrogen-bond donors (Lipinski definition) is 0. The van der Waals surface area contributed by atoms with Gasteiger partial charge in [-0.15, -0.1) is 0 Å². The van der Waals surface area contributed by atoms with Crippen molar-refractivity contribution >= 4 is 10.0 Å². The molecule has 0 saturated carbocycles. The van der Waals surface area contributed by atoms with E-state index in [0.29, 0.717) is 0 Å². The molecule has 0 aliphatic rings. The maximum Gasteiger partial charge on any atom is 0.217 e. The molecule has 0 aromatic carbocycles. The fourth-order valence-corrected chi connectivity index (χ4v) is 1.79. The lowest BCUT2D eigenvalue weighted by Gasteiger charge is -2.21. The summed E-state index contributed by atoms with van der Waals surface area (Å²) >= 11 is 0. The van der Waals surface area contributed by atoms with Gasteiger partial charge in [-0.25, -0.2) is 8.42 Å². The molecule has 0 rings (SSSR count). The van der Waals surface area contributed by atoms with Crippen molar-refractivity contribution in [3.8, 4) is 6.07 Å². The highest BCUT2D eigenvalue weighted by Gasteiger charge is 2.25. The Labute approximate surface area is 73.8 Å². The largest absolute Gasteiger partial charge is 0.217 e. The van der Waals surface area contributed by atoms with Crippen LogP contribution in [-0.4, -0.2) is 31.1 Å². The zero-order valence-electron chi connectivity index (χ0n) is 7.77. The second kappa shape index (κ2) is 3.87. The second-order valence-corrected chi connectivity index (χ2v) is 5.46. The zero-order chi connectivity index (χ0) is 9.94. The third-order valence-electron chi connectivity index (χ3n) is 1.73. The van der Waals surface area contributed by atoms with Gasteiger partial charge in [0.2, 0.25) is 10.0 Å². The van der Waals surface area contributed by atoms with Crippen LogP contribution in [0.2, 0.25) is 0 Å². The number of nitriles is 1. The van der Waals surface area contributed by atoms with Crippen LogP contribution in [0, 0.1) is 11.3 Å². The van der Waals surface area contributed by atoms with Crippen molar-refractivity contribution in [3.05, 3.63) is 0 Å². The average Bonchev–Trinajstić information content (AvgIpc) is 2.01. The maximum absolute atomic E-state index is 11.4. The van der Waals surface area contributed by atoms with Crippen LogP contribution in [0.1, 0.15) is 20.8 Å². The van der Waals surface area contributed by atoms with Crippen molar-refractivity contribution in [2.24, 2.45) is 0 Å². The number of nitrogens with zero attached hydrogens (tertiary/aromatic N) is 2. The normalized spacial score (nSPS) is 14.8. The molecule has 0 heterocycles. The Hall–Kier alpha value is -0.600. The minimum absolute atomic E-state index is 0.474. The van der Waals surface area contributed by atoms with E-state index in [1.807, 2.05) is 6.07 Å². The minimum Gasteiger partial charge on any atom is -0.212 e. The molecule has 0 aliphatic heterocycles. The average molecular weight is 190 g/mol. The third kappa shape index (κ3) is 2.19. The number of rotatable bonds is 3. The Kier molecular flexibility index (Phi) is 3.68. The molecule has 1 unspecified atom stereocenters. The summed E-state index contributed by atoms with van der Waals surface area (Å²) in [6, 6.07) is 1.27. The van der Waals surface area contributed by atoms with Gasteiger partial charge in [0, 0.05) is 7.05 Å². The van der Waals surface area contributed by atoms with E-state index in [-0.39, 0.29) is 0 Å². The molecule has 0 bridgehead atoms. The fraction of sp³-hybridized carbons (Fsp3) is 0.857. The number of hydrogen-bond acceptors (Lipinski definition) is 3. The highest BCUT2D eigenvalue weighted by molar-refractivity contribution is 7.89. The SMILES string of the molecule is CC(C#N)N(C)S(=O)(=O)C(C)C. The Balaban J connectivity index is 4.73. The lowest BCUT2D eigenvalue weighted by atomic mass is 10.4. The zero-order valence-corrected chi connectivity index (χ0v) is 8.59. The molecule has 0 amide bonds. The minimum atomic E-state index is -3.28. The van der Waals surface area contributed by atoms with Gasteiger partial charge in [0.05, 0.1) is 11.3 Å². The molecule has 0 aromatic rings. The Morgan fingerprint density at radius 2 is 1.75 bits per heavy atom. The summed E-state index contributed by atoms with van der Waals surface area (Å²) in [6.45, 7) is 4.74. The molecule has 0 spiro atoms. The van der Waals surface area contributed by atoms with Crippen LogP contribution in [0.15, 0.2) is 0 Å². The van der Waals surface area contributed by atoms with Crippen LogP contribution < -0.4 is 0 Å². The van der Waals surface area contributed by atoms with Gasteiger partial charge in [-0.05, 0) is 20.8 Å². The van der Waals surface area contributed by atoms with Crippen molar-refractivity contribution in [2.75, 3.05) is 7.05 Å². The number of sulfonamides is 1. The van der Waals surface area contributed by atoms with Gasteiger partial charge < -0.3 is 0 Å². The predicted molar refractivity (Wildman–Crippen MR) is 46.9 cm³/mol. The van der Waals surface area contributed by atoms with E-state index >= 15 is 0 Å². The van der Waals surface area contributed by atoms with E-state index in [1.165, 1.54) is 7.05 Å². The van der Waals surface area contributed by atoms with Gasteiger partial charge >= 0.3 is 0 Å². The van der Waals surface area contributed by atoms with E-state index < -0.39 is 21.3 Å². The molecule has 0 fully saturated rings. The molecule has 5 heteroatoms. The maximum atomic E-state index is 11.4. The van der Waals surface area contributed by atoms with Gasteiger partial charge in [-0.1, -0.05) is 0 Å². The van der Waals surface area contributed by atoms with E-state index in [4.69, 9.17) is 5.26 Å². The molecule has 0 aliphatic carbocycles. The molecule has 4 nitrogen and oxygen atoms in total. The Morgan fingerprint density at radius 3 is 2.00 bits per heavy atom. The van der Waals surface area contributed by atoms with Crippen molar-refractivity contribution < 1.29 is 8.42 Å². The van der Waals surface area contributed by atoms with E-state index in [9.17, 15) is 8.42 Å². The van der Waals surface area contributed by atoms with Gasteiger partial charge in [-0.3, -0.25) is 0 Å². The fourth-order valence-electron chi connectivity index (χ4n) is 0.634. The summed E-state index contributed by atoms with van der Waals surface area (Å²) in [6.07, 6.45) is 0. The predicted octanol–water partition coefficient (Wildman–Crippen LogP) is 0.568. The van der Waals surface area contributed by atoms with Crippen molar-refractivity contribution in [1.29, 1.82) is 5.26 Å². The second-order valence-electron chi connectivity index (χ2n) is 2.91. The molecular weight excluding hydrogens is 176 g/mol. The van der Waals surface area contributed by atoms with Gasteiger partial charge in [0.1, 0.15) is 6.04 Å². The molecule has 12 heavy (non-hydrogen) atoms. The Morgan fingerprint density at radius 1 is 1.33 bits per heavy atom. The van der Waals surface area contributed by atoms with Crippen LogP contribution in [0.4, 0.5) is 0 Å². The lowest BCUT2D eigenvalue weighted by Crippen LogP contribution is -2.38. The van der Waals surface area contributed by atoms with E-state index in [2.05, 4.69) is 0 Å². The molecule has 0 saturated heterocycles. The first-order chi connectivity index (χ1) is 5.34. The van der Waals surface area contributed by atoms with Crippen molar-refractivity contribution in [1.82, 2.24) is 4.31 Å². The molecule has 0 radical (unpaired) electrons. The first-order valence-electron chi connectivity index (χ1n) is 3.70. The third-order valence-corrected chi connectivity index (χ3v) is 4.04. The standard InChI is InChI=1S/C7H14N2O2S/c1-6(2)12(10,11)9(4)7(3)5-8/h6-7H,1-4H3. The molecular formula is C7H14N2O2S. The highest BCUT2D eigenvalue weighted by Crippen LogP contribution is 2.08. The monoisotopic (exact) mass is 190 g/mol. The summed E-state index contributed by atoms with van der Waals surface area (Å²) in [5.74, 6) is 0. The van der Waals surface area contributed by atoms with Crippen LogP contribution in [0.25, 0.3) is 0 Å². The summed E-state index contributed by atoms with van der Waals surface area (Å²) in [5, 5.41) is 8.02. The summed E-state index contributed by atoms with van der Waals surface area (Å²) in [7, 11) is -1.86. The Bertz CT molecular complexity index is 276. The first kappa shape index (κ1) is 11.4. The quantitative estimate of drug-likeness (QED) is 0.653. The smallest absolute Gasteiger partial charge is 0.212 e. The highest BCUT2D eigenvalue weighted by atomic mass is 32.2. The summed E-state index contributed by atoms with van der Waals surface area (Å²) in [5.41, 5.74) is 0. The molecule has 0 N–H and O–H groups in total. The molecule has 1 atom stereocenters. The van der Waals surface area contributed by atoms with Gasteiger partial charge in [-0.2, -0.15) is 9.57 Å². The van der Waals surface area contributed by atoms with Crippen molar-refractivity contribution in [3.63, 3.8) is 0 Å². The van der Waals surface area contributed by atoms with E-state index in [0.717, 1.165) is 4.31 Å². The van der Waals surface area contributed by atoms with E-state index in [1.54, 1.807) is 20.8 Å². The first-order valence-corrected chi connectivity index (χ1v) is 5.20.